The molecule has 3 aromatic rings. The van der Waals surface area contributed by atoms with E-state index >= 15 is 4.21 Å². The van der Waals surface area contributed by atoms with Crippen molar-refractivity contribution in [3.63, 3.8) is 0 Å². The normalized spacial score (nSPS) is 23.5. The molecule has 220 valence electrons. The molecule has 1 aliphatic heterocycles. The molecular formula is C32H39F2N3O3S. The van der Waals surface area contributed by atoms with Crippen molar-refractivity contribution in [3.8, 4) is 0 Å². The van der Waals surface area contributed by atoms with Crippen LogP contribution in [0.5, 0.6) is 0 Å². The Hall–Kier alpha value is -2.78. The lowest BCUT2D eigenvalue weighted by atomic mass is 9.90. The zero-order valence-corrected chi connectivity index (χ0v) is 24.5. The molecule has 2 aliphatic carbocycles. The van der Waals surface area contributed by atoms with E-state index in [2.05, 4.69) is 0 Å². The number of carbonyl (C=O) groups excluding carboxylic acids is 1. The molecule has 1 saturated heterocycles. The van der Waals surface area contributed by atoms with E-state index in [4.69, 9.17) is 8.78 Å². The maximum absolute atomic E-state index is 15.0. The molecule has 3 fully saturated rings. The van der Waals surface area contributed by atoms with Gasteiger partial charge in [-0.25, -0.2) is 21.7 Å². The Morgan fingerprint density at radius 2 is 1.76 bits per heavy atom. The molecule has 2 atom stereocenters. The molecule has 1 unspecified atom stereocenters. The van der Waals surface area contributed by atoms with Crippen molar-refractivity contribution in [2.45, 2.75) is 107 Å². The number of nitrogens with zero attached hydrogens (tertiary/aromatic N) is 3. The summed E-state index contributed by atoms with van der Waals surface area (Å²) in [5.74, 6) is -2.84. The van der Waals surface area contributed by atoms with Crippen molar-refractivity contribution >= 4 is 26.8 Å². The van der Waals surface area contributed by atoms with E-state index in [0.29, 0.717) is 24.4 Å². The molecule has 3 aliphatic rings. The molecule has 0 N–H and O–H groups in total. The monoisotopic (exact) mass is 583 g/mol. The molecule has 9 heteroatoms. The van der Waals surface area contributed by atoms with E-state index in [-0.39, 0.29) is 43.7 Å². The summed E-state index contributed by atoms with van der Waals surface area (Å²) in [6.07, 6.45) is 6.91. The first-order valence-corrected chi connectivity index (χ1v) is 16.4. The number of furan rings is 1. The standard InChI is InChI=1S/C32H39F2N3O3S/c1-23-8-12-28(13-9-23)41(39,35-26-5-2-3-6-26)37-19-4-7-29(37)31(38)36(27-14-17-32(33,34)18-15-27)22-24-10-11-25-16-20-40-30(25)21-24/h8-13,16,20-21,26-27,29H,2-7,14-15,17-19,22H2,1H3/t29-,41?/m0/s1. The fourth-order valence-corrected chi connectivity index (χ4v) is 9.21. The second-order valence-electron chi connectivity index (χ2n) is 12.0. The van der Waals surface area contributed by atoms with Crippen molar-refractivity contribution in [2.24, 2.45) is 4.36 Å². The van der Waals surface area contributed by atoms with Gasteiger partial charge in [-0.3, -0.25) is 4.79 Å². The summed E-state index contributed by atoms with van der Waals surface area (Å²) < 4.78 is 55.8. The fourth-order valence-electron chi connectivity index (χ4n) is 6.68. The van der Waals surface area contributed by atoms with Crippen LogP contribution in [-0.2, 0) is 21.3 Å². The number of aryl methyl sites for hydroxylation is 1. The van der Waals surface area contributed by atoms with Gasteiger partial charge in [-0.2, -0.15) is 0 Å². The highest BCUT2D eigenvalue weighted by molar-refractivity contribution is 7.91. The highest BCUT2D eigenvalue weighted by Gasteiger charge is 2.44. The van der Waals surface area contributed by atoms with Gasteiger partial charge in [0.15, 0.2) is 0 Å². The third-order valence-corrected chi connectivity index (χ3v) is 11.6. The molecule has 6 nitrogen and oxygen atoms in total. The van der Waals surface area contributed by atoms with Crippen LogP contribution in [0.1, 0.15) is 75.3 Å². The van der Waals surface area contributed by atoms with Crippen molar-refractivity contribution in [1.29, 1.82) is 0 Å². The second kappa shape index (κ2) is 11.5. The van der Waals surface area contributed by atoms with Crippen molar-refractivity contribution < 1.29 is 22.2 Å². The van der Waals surface area contributed by atoms with Gasteiger partial charge in [-0.15, -0.1) is 0 Å². The largest absolute Gasteiger partial charge is 0.464 e. The highest BCUT2D eigenvalue weighted by Crippen LogP contribution is 2.38. The summed E-state index contributed by atoms with van der Waals surface area (Å²) in [4.78, 5) is 16.9. The number of halogens is 2. The fraction of sp³-hybridized carbons (Fsp3) is 0.531. The molecule has 1 amide bonds. The molecule has 2 saturated carbocycles. The van der Waals surface area contributed by atoms with Crippen LogP contribution >= 0.6 is 0 Å². The van der Waals surface area contributed by atoms with Gasteiger partial charge in [-0.1, -0.05) is 42.7 Å². The van der Waals surface area contributed by atoms with Gasteiger partial charge in [0.1, 0.15) is 21.5 Å². The van der Waals surface area contributed by atoms with Crippen LogP contribution in [0.15, 0.2) is 68.5 Å². The third-order valence-electron chi connectivity index (χ3n) is 9.04. The first kappa shape index (κ1) is 28.3. The summed E-state index contributed by atoms with van der Waals surface area (Å²) >= 11 is 0. The SMILES string of the molecule is Cc1ccc(S(=O)(=NC2CCCC2)N2CCC[C@H]2C(=O)N(Cc2ccc3ccoc3c2)C2CCC(F)(F)CC2)cc1. The molecule has 2 aromatic carbocycles. The Morgan fingerprint density at radius 3 is 2.49 bits per heavy atom. The summed E-state index contributed by atoms with van der Waals surface area (Å²) in [5.41, 5.74) is 2.68. The van der Waals surface area contributed by atoms with Crippen LogP contribution in [0, 0.1) is 6.92 Å². The zero-order valence-electron chi connectivity index (χ0n) is 23.6. The number of benzene rings is 2. The molecule has 0 radical (unpaired) electrons. The first-order chi connectivity index (χ1) is 19.7. The van der Waals surface area contributed by atoms with Crippen LogP contribution in [0.3, 0.4) is 0 Å². The third kappa shape index (κ3) is 5.93. The quantitative estimate of drug-likeness (QED) is 0.289. The maximum Gasteiger partial charge on any atom is 0.248 e. The number of hydrogen-bond donors (Lipinski definition) is 0. The number of amides is 1. The summed E-state index contributed by atoms with van der Waals surface area (Å²) in [5, 5.41) is 0.970. The topological polar surface area (TPSA) is 66.1 Å². The summed E-state index contributed by atoms with van der Waals surface area (Å²) in [6.45, 7) is 2.79. The Bertz CT molecular complexity index is 1500. The number of rotatable bonds is 7. The van der Waals surface area contributed by atoms with Gasteiger partial charge in [0.05, 0.1) is 17.2 Å². The van der Waals surface area contributed by atoms with Crippen LogP contribution in [0.25, 0.3) is 11.0 Å². The van der Waals surface area contributed by atoms with Gasteiger partial charge < -0.3 is 9.32 Å². The predicted molar refractivity (Wildman–Crippen MR) is 156 cm³/mol. The van der Waals surface area contributed by atoms with E-state index in [1.165, 1.54) is 0 Å². The Kier molecular flexibility index (Phi) is 7.94. The van der Waals surface area contributed by atoms with E-state index in [1.54, 1.807) is 11.2 Å². The van der Waals surface area contributed by atoms with Crippen molar-refractivity contribution in [1.82, 2.24) is 9.21 Å². The van der Waals surface area contributed by atoms with Crippen molar-refractivity contribution in [2.75, 3.05) is 6.54 Å². The van der Waals surface area contributed by atoms with Crippen LogP contribution in [0.4, 0.5) is 8.78 Å². The minimum Gasteiger partial charge on any atom is -0.464 e. The van der Waals surface area contributed by atoms with Crippen molar-refractivity contribution in [3.05, 3.63) is 65.9 Å². The summed E-state index contributed by atoms with van der Waals surface area (Å²) in [6, 6.07) is 14.5. The van der Waals surface area contributed by atoms with Gasteiger partial charge in [0.2, 0.25) is 11.8 Å². The minimum absolute atomic E-state index is 0.0110. The predicted octanol–water partition coefficient (Wildman–Crippen LogP) is 7.50. The molecule has 41 heavy (non-hydrogen) atoms. The van der Waals surface area contributed by atoms with Crippen LogP contribution in [0.2, 0.25) is 0 Å². The average Bonchev–Trinajstić information content (AvgIpc) is 3.74. The summed E-state index contributed by atoms with van der Waals surface area (Å²) in [7, 11) is -3.04. The van der Waals surface area contributed by atoms with Gasteiger partial charge in [-0.05, 0) is 75.3 Å². The van der Waals surface area contributed by atoms with E-state index in [1.807, 2.05) is 59.8 Å². The zero-order chi connectivity index (χ0) is 28.6. The second-order valence-corrected chi connectivity index (χ2v) is 14.1. The van der Waals surface area contributed by atoms with E-state index < -0.39 is 21.9 Å². The molecule has 0 bridgehead atoms. The lowest BCUT2D eigenvalue weighted by Crippen LogP contribution is -2.52. The highest BCUT2D eigenvalue weighted by atomic mass is 32.2. The lowest BCUT2D eigenvalue weighted by molar-refractivity contribution is -0.141. The van der Waals surface area contributed by atoms with Crippen LogP contribution in [-0.4, -0.2) is 49.9 Å². The van der Waals surface area contributed by atoms with Gasteiger partial charge in [0, 0.05) is 37.4 Å². The molecule has 6 rings (SSSR count). The number of carbonyl (C=O) groups is 1. The Balaban J connectivity index is 1.35. The number of alkyl halides is 2. The van der Waals surface area contributed by atoms with Gasteiger partial charge in [0.25, 0.3) is 0 Å². The average molecular weight is 584 g/mol. The maximum atomic E-state index is 15.0. The number of fused-ring (bicyclic) bond motifs is 1. The molecule has 2 heterocycles. The number of hydrogen-bond acceptors (Lipinski definition) is 4. The molecular weight excluding hydrogens is 544 g/mol. The smallest absolute Gasteiger partial charge is 0.248 e. The molecule has 1 aromatic heterocycles. The van der Waals surface area contributed by atoms with E-state index in [0.717, 1.165) is 54.2 Å². The first-order valence-electron chi connectivity index (χ1n) is 15.0. The lowest BCUT2D eigenvalue weighted by Gasteiger charge is -2.39. The van der Waals surface area contributed by atoms with Crippen LogP contribution < -0.4 is 0 Å². The molecule has 0 spiro atoms. The Labute approximate surface area is 241 Å². The Morgan fingerprint density at radius 1 is 1.02 bits per heavy atom. The van der Waals surface area contributed by atoms with E-state index in [9.17, 15) is 13.6 Å². The van der Waals surface area contributed by atoms with Gasteiger partial charge >= 0.3 is 0 Å². The minimum atomic E-state index is -3.04.